The molecule has 0 aliphatic carbocycles. The van der Waals surface area contributed by atoms with Crippen LogP contribution in [-0.4, -0.2) is 17.6 Å². The number of hydrogen-bond acceptors (Lipinski definition) is 4. The van der Waals surface area contributed by atoms with E-state index in [-0.39, 0.29) is 17.6 Å². The van der Waals surface area contributed by atoms with Crippen LogP contribution in [0.5, 0.6) is 0 Å². The predicted octanol–water partition coefficient (Wildman–Crippen LogP) is 5.27. The molecular formula is C22H22N2O3S. The van der Waals surface area contributed by atoms with Crippen molar-refractivity contribution in [1.82, 2.24) is 0 Å². The molecule has 0 saturated heterocycles. The Hall–Kier alpha value is -2.99. The third kappa shape index (κ3) is 5.50. The van der Waals surface area contributed by atoms with Crippen LogP contribution >= 0.6 is 11.8 Å². The first kappa shape index (κ1) is 19.8. The van der Waals surface area contributed by atoms with Crippen LogP contribution in [0.15, 0.2) is 70.2 Å². The molecule has 0 spiro atoms. The highest BCUT2D eigenvalue weighted by atomic mass is 32.2. The van der Waals surface area contributed by atoms with Gasteiger partial charge in [-0.15, -0.1) is 11.8 Å². The quantitative estimate of drug-likeness (QED) is 0.536. The lowest BCUT2D eigenvalue weighted by Gasteiger charge is -2.09. The summed E-state index contributed by atoms with van der Waals surface area (Å²) in [4.78, 5) is 25.4. The molecule has 6 heteroatoms. The molecule has 28 heavy (non-hydrogen) atoms. The summed E-state index contributed by atoms with van der Waals surface area (Å²) in [5.41, 5.74) is 3.74. The third-order valence-corrected chi connectivity index (χ3v) is 5.22. The van der Waals surface area contributed by atoms with Gasteiger partial charge in [-0.25, -0.2) is 0 Å². The van der Waals surface area contributed by atoms with Crippen LogP contribution in [0, 0.1) is 13.8 Å². The molecule has 0 aliphatic rings. The largest absolute Gasteiger partial charge is 0.459 e. The van der Waals surface area contributed by atoms with Crippen molar-refractivity contribution in [2.75, 3.05) is 16.4 Å². The molecule has 1 heterocycles. The summed E-state index contributed by atoms with van der Waals surface area (Å²) in [6.07, 6.45) is 1.85. The van der Waals surface area contributed by atoms with Crippen molar-refractivity contribution in [1.29, 1.82) is 0 Å². The van der Waals surface area contributed by atoms with Crippen LogP contribution in [0.1, 0.15) is 28.1 Å². The van der Waals surface area contributed by atoms with Gasteiger partial charge in [-0.2, -0.15) is 0 Å². The smallest absolute Gasteiger partial charge is 0.291 e. The molecule has 0 unspecified atom stereocenters. The van der Waals surface area contributed by atoms with Crippen molar-refractivity contribution in [3.8, 4) is 0 Å². The van der Waals surface area contributed by atoms with Gasteiger partial charge in [0.05, 0.1) is 6.26 Å². The zero-order valence-corrected chi connectivity index (χ0v) is 16.6. The molecule has 0 aliphatic heterocycles. The summed E-state index contributed by atoms with van der Waals surface area (Å²) in [5.74, 6) is 0.533. The van der Waals surface area contributed by atoms with Crippen LogP contribution in [0.2, 0.25) is 0 Å². The second-order valence-corrected chi connectivity index (χ2v) is 7.57. The van der Waals surface area contributed by atoms with Gasteiger partial charge in [-0.1, -0.05) is 12.1 Å². The number of carbonyl (C=O) groups is 2. The van der Waals surface area contributed by atoms with E-state index in [1.165, 1.54) is 22.3 Å². The van der Waals surface area contributed by atoms with Gasteiger partial charge in [-0.3, -0.25) is 9.59 Å². The SMILES string of the molecule is Cc1ccc(SCCC(=O)Nc2cccc(NC(=O)c3ccco3)c2)cc1C. The molecule has 0 radical (unpaired) electrons. The van der Waals surface area contributed by atoms with Crippen LogP contribution < -0.4 is 10.6 Å². The number of nitrogens with one attached hydrogen (secondary N) is 2. The molecule has 3 rings (SSSR count). The molecule has 5 nitrogen and oxygen atoms in total. The Morgan fingerprint density at radius 3 is 2.43 bits per heavy atom. The minimum atomic E-state index is -0.335. The summed E-state index contributed by atoms with van der Waals surface area (Å²) in [5, 5.41) is 5.61. The molecule has 0 atom stereocenters. The average Bonchev–Trinajstić information content (AvgIpc) is 3.20. The van der Waals surface area contributed by atoms with Crippen molar-refractivity contribution < 1.29 is 14.0 Å². The van der Waals surface area contributed by atoms with Crippen LogP contribution in [0.4, 0.5) is 11.4 Å². The van der Waals surface area contributed by atoms with E-state index < -0.39 is 0 Å². The van der Waals surface area contributed by atoms with Gasteiger partial charge in [0.15, 0.2) is 5.76 Å². The minimum Gasteiger partial charge on any atom is -0.459 e. The number of anilines is 2. The van der Waals surface area contributed by atoms with E-state index in [1.54, 1.807) is 48.2 Å². The van der Waals surface area contributed by atoms with Gasteiger partial charge in [0.25, 0.3) is 5.91 Å². The molecule has 1 aromatic heterocycles. The molecule has 2 amide bonds. The number of thioether (sulfide) groups is 1. The predicted molar refractivity (Wildman–Crippen MR) is 113 cm³/mol. The Morgan fingerprint density at radius 1 is 0.929 bits per heavy atom. The topological polar surface area (TPSA) is 71.3 Å². The summed E-state index contributed by atoms with van der Waals surface area (Å²) < 4.78 is 5.07. The molecule has 0 fully saturated rings. The van der Waals surface area contributed by atoms with E-state index in [9.17, 15) is 9.59 Å². The highest BCUT2D eigenvalue weighted by Crippen LogP contribution is 2.22. The second kappa shape index (κ2) is 9.28. The van der Waals surface area contributed by atoms with Crippen molar-refractivity contribution in [3.05, 3.63) is 77.7 Å². The molecule has 3 aromatic rings. The minimum absolute atomic E-state index is 0.0640. The molecule has 0 saturated carbocycles. The molecule has 144 valence electrons. The van der Waals surface area contributed by atoms with Crippen molar-refractivity contribution in [2.24, 2.45) is 0 Å². The van der Waals surface area contributed by atoms with Gasteiger partial charge < -0.3 is 15.1 Å². The Morgan fingerprint density at radius 2 is 1.71 bits per heavy atom. The maximum absolute atomic E-state index is 12.2. The van der Waals surface area contributed by atoms with Crippen molar-refractivity contribution in [3.63, 3.8) is 0 Å². The lowest BCUT2D eigenvalue weighted by atomic mass is 10.1. The second-order valence-electron chi connectivity index (χ2n) is 6.40. The first-order valence-electron chi connectivity index (χ1n) is 8.96. The van der Waals surface area contributed by atoms with Gasteiger partial charge in [-0.05, 0) is 67.4 Å². The summed E-state index contributed by atoms with van der Waals surface area (Å²) in [6, 6.07) is 16.6. The van der Waals surface area contributed by atoms with Crippen LogP contribution in [0.3, 0.4) is 0 Å². The molecule has 0 bridgehead atoms. The lowest BCUT2D eigenvalue weighted by Crippen LogP contribution is -2.13. The van der Waals surface area contributed by atoms with E-state index in [0.29, 0.717) is 23.5 Å². The van der Waals surface area contributed by atoms with Crippen LogP contribution in [-0.2, 0) is 4.79 Å². The Bertz CT molecular complexity index is 968. The first-order chi connectivity index (χ1) is 13.5. The average molecular weight is 394 g/mol. The molecule has 2 aromatic carbocycles. The van der Waals surface area contributed by atoms with E-state index in [1.807, 2.05) is 0 Å². The zero-order valence-electron chi connectivity index (χ0n) is 15.8. The summed E-state index contributed by atoms with van der Waals surface area (Å²) >= 11 is 1.66. The van der Waals surface area contributed by atoms with E-state index in [4.69, 9.17) is 4.42 Å². The maximum atomic E-state index is 12.2. The lowest BCUT2D eigenvalue weighted by molar-refractivity contribution is -0.115. The monoisotopic (exact) mass is 394 g/mol. The number of aryl methyl sites for hydroxylation is 2. The normalized spacial score (nSPS) is 10.5. The summed E-state index contributed by atoms with van der Waals surface area (Å²) in [7, 11) is 0. The molecule has 2 N–H and O–H groups in total. The third-order valence-electron chi connectivity index (χ3n) is 4.23. The Labute approximate surface area is 168 Å². The van der Waals surface area contributed by atoms with Gasteiger partial charge in [0.2, 0.25) is 5.91 Å². The van der Waals surface area contributed by atoms with Crippen molar-refractivity contribution >= 4 is 35.0 Å². The number of benzene rings is 2. The van der Waals surface area contributed by atoms with Gasteiger partial charge in [0, 0.05) is 28.4 Å². The summed E-state index contributed by atoms with van der Waals surface area (Å²) in [6.45, 7) is 4.17. The zero-order chi connectivity index (χ0) is 19.9. The number of furan rings is 1. The number of carbonyl (C=O) groups excluding carboxylic acids is 2. The first-order valence-corrected chi connectivity index (χ1v) is 9.94. The van der Waals surface area contributed by atoms with E-state index >= 15 is 0 Å². The number of hydrogen-bond donors (Lipinski definition) is 2. The fourth-order valence-corrected chi connectivity index (χ4v) is 3.51. The fourth-order valence-electron chi connectivity index (χ4n) is 2.56. The van der Waals surface area contributed by atoms with E-state index in [0.717, 1.165) is 0 Å². The fraction of sp³-hybridized carbons (Fsp3) is 0.182. The van der Waals surface area contributed by atoms with Crippen molar-refractivity contribution in [2.45, 2.75) is 25.2 Å². The number of rotatable bonds is 7. The highest BCUT2D eigenvalue weighted by molar-refractivity contribution is 7.99. The maximum Gasteiger partial charge on any atom is 0.291 e. The Kier molecular flexibility index (Phi) is 6.55. The molecular weight excluding hydrogens is 372 g/mol. The van der Waals surface area contributed by atoms with Gasteiger partial charge >= 0.3 is 0 Å². The van der Waals surface area contributed by atoms with E-state index in [2.05, 4.69) is 42.7 Å². The highest BCUT2D eigenvalue weighted by Gasteiger charge is 2.09. The number of amides is 2. The standard InChI is InChI=1S/C22H22N2O3S/c1-15-8-9-19(13-16(15)2)28-12-10-21(25)23-17-5-3-6-18(14-17)24-22(26)20-7-4-11-27-20/h3-9,11,13-14H,10,12H2,1-2H3,(H,23,25)(H,24,26). The Balaban J connectivity index is 1.49. The van der Waals surface area contributed by atoms with Crippen LogP contribution in [0.25, 0.3) is 0 Å². The van der Waals surface area contributed by atoms with Gasteiger partial charge in [0.1, 0.15) is 0 Å².